The SMILES string of the molecule is CC(C)=CCn1cc(N)c(C)c(Br)c1=O. The van der Waals surface area contributed by atoms with Crippen LogP contribution >= 0.6 is 15.9 Å². The Hall–Kier alpha value is -1.03. The monoisotopic (exact) mass is 270 g/mol. The maximum absolute atomic E-state index is 11.8. The van der Waals surface area contributed by atoms with Gasteiger partial charge in [0.25, 0.3) is 5.56 Å². The average Bonchev–Trinajstić information content (AvgIpc) is 2.18. The minimum Gasteiger partial charge on any atom is -0.397 e. The van der Waals surface area contributed by atoms with Gasteiger partial charge in [0.2, 0.25) is 0 Å². The minimum atomic E-state index is -0.0424. The lowest BCUT2D eigenvalue weighted by Gasteiger charge is -2.08. The van der Waals surface area contributed by atoms with Crippen molar-refractivity contribution in [2.24, 2.45) is 0 Å². The van der Waals surface area contributed by atoms with Crippen molar-refractivity contribution in [3.05, 3.63) is 38.2 Å². The van der Waals surface area contributed by atoms with Crippen molar-refractivity contribution in [1.29, 1.82) is 0 Å². The standard InChI is InChI=1S/C11H15BrN2O/c1-7(2)4-5-14-6-9(13)8(3)10(12)11(14)15/h4,6H,5,13H2,1-3H3. The fraction of sp³-hybridized carbons (Fsp3) is 0.364. The van der Waals surface area contributed by atoms with Crippen LogP contribution in [0, 0.1) is 6.92 Å². The van der Waals surface area contributed by atoms with Gasteiger partial charge in [-0.1, -0.05) is 11.6 Å². The highest BCUT2D eigenvalue weighted by Gasteiger charge is 2.06. The third-order valence-electron chi connectivity index (χ3n) is 2.20. The number of hydrogen-bond acceptors (Lipinski definition) is 2. The lowest BCUT2D eigenvalue weighted by Crippen LogP contribution is -2.21. The van der Waals surface area contributed by atoms with Crippen molar-refractivity contribution in [2.75, 3.05) is 5.73 Å². The molecular weight excluding hydrogens is 256 g/mol. The van der Waals surface area contributed by atoms with Gasteiger partial charge in [-0.3, -0.25) is 4.79 Å². The molecule has 3 nitrogen and oxygen atoms in total. The maximum atomic E-state index is 11.8. The van der Waals surface area contributed by atoms with E-state index in [9.17, 15) is 4.79 Å². The first-order chi connectivity index (χ1) is 6.93. The molecule has 1 aromatic heterocycles. The zero-order chi connectivity index (χ0) is 11.6. The molecular formula is C11H15BrN2O. The van der Waals surface area contributed by atoms with Crippen LogP contribution in [0.25, 0.3) is 0 Å². The summed E-state index contributed by atoms with van der Waals surface area (Å²) in [4.78, 5) is 11.8. The van der Waals surface area contributed by atoms with Crippen molar-refractivity contribution >= 4 is 21.6 Å². The van der Waals surface area contributed by atoms with E-state index in [2.05, 4.69) is 15.9 Å². The predicted molar refractivity (Wildman–Crippen MR) is 67.0 cm³/mol. The van der Waals surface area contributed by atoms with Crippen molar-refractivity contribution < 1.29 is 0 Å². The molecule has 1 rings (SSSR count). The van der Waals surface area contributed by atoms with Crippen LogP contribution in [0.1, 0.15) is 19.4 Å². The predicted octanol–water partition coefficient (Wildman–Crippen LogP) is 2.47. The Morgan fingerprint density at radius 3 is 2.73 bits per heavy atom. The molecule has 0 saturated heterocycles. The highest BCUT2D eigenvalue weighted by atomic mass is 79.9. The second kappa shape index (κ2) is 4.66. The summed E-state index contributed by atoms with van der Waals surface area (Å²) >= 11 is 3.25. The Morgan fingerprint density at radius 2 is 2.20 bits per heavy atom. The Kier molecular flexibility index (Phi) is 3.74. The molecule has 1 heterocycles. The fourth-order valence-electron chi connectivity index (χ4n) is 1.15. The summed E-state index contributed by atoms with van der Waals surface area (Å²) in [5.74, 6) is 0. The molecule has 82 valence electrons. The zero-order valence-electron chi connectivity index (χ0n) is 9.17. The molecule has 4 heteroatoms. The van der Waals surface area contributed by atoms with E-state index in [-0.39, 0.29) is 5.56 Å². The van der Waals surface area contributed by atoms with E-state index in [1.165, 1.54) is 5.57 Å². The first kappa shape index (κ1) is 12.0. The molecule has 15 heavy (non-hydrogen) atoms. The largest absolute Gasteiger partial charge is 0.397 e. The number of halogens is 1. The Labute approximate surface area is 97.7 Å². The number of allylic oxidation sites excluding steroid dienone is 2. The Bertz CT molecular complexity index is 456. The van der Waals surface area contributed by atoms with E-state index in [1.807, 2.05) is 26.8 Å². The molecule has 0 aliphatic heterocycles. The summed E-state index contributed by atoms with van der Waals surface area (Å²) in [6, 6.07) is 0. The molecule has 0 bridgehead atoms. The van der Waals surface area contributed by atoms with Crippen molar-refractivity contribution in [3.8, 4) is 0 Å². The molecule has 0 atom stereocenters. The summed E-state index contributed by atoms with van der Waals surface area (Å²) in [7, 11) is 0. The van der Waals surface area contributed by atoms with Crippen LogP contribution in [-0.2, 0) is 6.54 Å². The highest BCUT2D eigenvalue weighted by molar-refractivity contribution is 9.10. The van der Waals surface area contributed by atoms with Crippen LogP contribution in [0.5, 0.6) is 0 Å². The molecule has 1 aromatic rings. The van der Waals surface area contributed by atoms with Gasteiger partial charge in [0.05, 0.1) is 10.2 Å². The first-order valence-corrected chi connectivity index (χ1v) is 5.51. The molecule has 0 fully saturated rings. The Morgan fingerprint density at radius 1 is 1.60 bits per heavy atom. The second-order valence-electron chi connectivity index (χ2n) is 3.76. The van der Waals surface area contributed by atoms with Crippen LogP contribution in [0.2, 0.25) is 0 Å². The van der Waals surface area contributed by atoms with E-state index in [0.717, 1.165) is 5.56 Å². The lowest BCUT2D eigenvalue weighted by molar-refractivity contribution is 0.769. The van der Waals surface area contributed by atoms with Gasteiger partial charge in [-0.25, -0.2) is 0 Å². The topological polar surface area (TPSA) is 48.0 Å². The van der Waals surface area contributed by atoms with Gasteiger partial charge in [0.1, 0.15) is 0 Å². The molecule has 0 radical (unpaired) electrons. The molecule has 0 unspecified atom stereocenters. The van der Waals surface area contributed by atoms with Gasteiger partial charge < -0.3 is 10.3 Å². The highest BCUT2D eigenvalue weighted by Crippen LogP contribution is 2.16. The molecule has 0 amide bonds. The van der Waals surface area contributed by atoms with E-state index >= 15 is 0 Å². The van der Waals surface area contributed by atoms with Crippen molar-refractivity contribution in [1.82, 2.24) is 4.57 Å². The molecule has 2 N–H and O–H groups in total. The lowest BCUT2D eigenvalue weighted by atomic mass is 10.2. The van der Waals surface area contributed by atoms with E-state index in [4.69, 9.17) is 5.73 Å². The summed E-state index contributed by atoms with van der Waals surface area (Å²) in [5, 5.41) is 0. The summed E-state index contributed by atoms with van der Waals surface area (Å²) in [6.45, 7) is 6.38. The fourth-order valence-corrected chi connectivity index (χ4v) is 1.61. The van der Waals surface area contributed by atoms with Gasteiger partial charge in [-0.05, 0) is 42.3 Å². The van der Waals surface area contributed by atoms with Gasteiger partial charge in [-0.15, -0.1) is 0 Å². The summed E-state index contributed by atoms with van der Waals surface area (Å²) in [5.41, 5.74) is 8.35. The van der Waals surface area contributed by atoms with E-state index in [0.29, 0.717) is 16.7 Å². The van der Waals surface area contributed by atoms with Crippen molar-refractivity contribution in [2.45, 2.75) is 27.3 Å². The summed E-state index contributed by atoms with van der Waals surface area (Å²) < 4.78 is 2.14. The number of hydrogen-bond donors (Lipinski definition) is 1. The van der Waals surface area contributed by atoms with Crippen LogP contribution in [0.3, 0.4) is 0 Å². The first-order valence-electron chi connectivity index (χ1n) is 4.72. The number of pyridine rings is 1. The smallest absolute Gasteiger partial charge is 0.265 e. The van der Waals surface area contributed by atoms with E-state index in [1.54, 1.807) is 10.8 Å². The van der Waals surface area contributed by atoms with Gasteiger partial charge in [0.15, 0.2) is 0 Å². The third-order valence-corrected chi connectivity index (χ3v) is 3.14. The quantitative estimate of drug-likeness (QED) is 0.840. The van der Waals surface area contributed by atoms with Gasteiger partial charge in [0, 0.05) is 12.7 Å². The molecule has 0 aliphatic carbocycles. The molecule has 0 saturated carbocycles. The number of nitrogen functional groups attached to an aromatic ring is 1. The van der Waals surface area contributed by atoms with Crippen LogP contribution in [0.4, 0.5) is 5.69 Å². The molecule has 0 spiro atoms. The number of rotatable bonds is 2. The number of aromatic nitrogens is 1. The molecule has 0 aliphatic rings. The van der Waals surface area contributed by atoms with Crippen LogP contribution in [-0.4, -0.2) is 4.57 Å². The third kappa shape index (κ3) is 2.72. The van der Waals surface area contributed by atoms with Gasteiger partial charge >= 0.3 is 0 Å². The normalized spacial score (nSPS) is 10.1. The zero-order valence-corrected chi connectivity index (χ0v) is 10.8. The molecule has 0 aromatic carbocycles. The van der Waals surface area contributed by atoms with Crippen LogP contribution in [0.15, 0.2) is 27.1 Å². The van der Waals surface area contributed by atoms with Crippen molar-refractivity contribution in [3.63, 3.8) is 0 Å². The van der Waals surface area contributed by atoms with Gasteiger partial charge in [-0.2, -0.15) is 0 Å². The summed E-state index contributed by atoms with van der Waals surface area (Å²) in [6.07, 6.45) is 3.67. The Balaban J connectivity index is 3.21. The minimum absolute atomic E-state index is 0.0424. The number of nitrogens with zero attached hydrogens (tertiary/aromatic N) is 1. The van der Waals surface area contributed by atoms with Crippen LogP contribution < -0.4 is 11.3 Å². The average molecular weight is 271 g/mol. The number of nitrogens with two attached hydrogens (primary N) is 1. The second-order valence-corrected chi connectivity index (χ2v) is 4.56. The number of anilines is 1. The van der Waals surface area contributed by atoms with E-state index < -0.39 is 0 Å². The maximum Gasteiger partial charge on any atom is 0.265 e.